The van der Waals surface area contributed by atoms with Crippen molar-refractivity contribution in [3.63, 3.8) is 0 Å². The molecule has 4 heteroatoms. The highest BCUT2D eigenvalue weighted by Crippen LogP contribution is 2.19. The van der Waals surface area contributed by atoms with E-state index in [1.165, 1.54) is 5.56 Å². The smallest absolute Gasteiger partial charge is 0.195 e. The number of hydrogen-bond donors (Lipinski definition) is 2. The number of nitrogens with one attached hydrogen (secondary N) is 2. The van der Waals surface area contributed by atoms with Crippen LogP contribution in [0.25, 0.3) is 0 Å². The monoisotopic (exact) mass is 253 g/mol. The molecule has 14 heavy (non-hydrogen) atoms. The summed E-state index contributed by atoms with van der Waals surface area (Å²) in [5, 5.41) is 6.43. The Hall–Kier alpha value is -1.03. The lowest BCUT2D eigenvalue weighted by Gasteiger charge is -2.09. The molecule has 0 amide bonds. The lowest BCUT2D eigenvalue weighted by atomic mass is 10.2. The number of rotatable bonds is 1. The SMILES string of the molecule is Cc1cc(Br)ccc1NC1=NCCN1. The molecule has 0 aromatic heterocycles. The van der Waals surface area contributed by atoms with Crippen LogP contribution >= 0.6 is 15.9 Å². The first-order valence-corrected chi connectivity index (χ1v) is 5.36. The van der Waals surface area contributed by atoms with E-state index in [1.807, 2.05) is 12.1 Å². The summed E-state index contributed by atoms with van der Waals surface area (Å²) in [6.45, 7) is 3.86. The minimum atomic E-state index is 0.859. The van der Waals surface area contributed by atoms with Gasteiger partial charge in [0.15, 0.2) is 5.96 Å². The summed E-state index contributed by atoms with van der Waals surface area (Å²) in [6, 6.07) is 6.14. The second-order valence-electron chi connectivity index (χ2n) is 3.24. The van der Waals surface area contributed by atoms with Gasteiger partial charge in [0.1, 0.15) is 0 Å². The normalized spacial score (nSPS) is 14.9. The van der Waals surface area contributed by atoms with E-state index in [-0.39, 0.29) is 0 Å². The van der Waals surface area contributed by atoms with Crippen molar-refractivity contribution in [2.45, 2.75) is 6.92 Å². The Morgan fingerprint density at radius 1 is 1.50 bits per heavy atom. The van der Waals surface area contributed by atoms with Crippen LogP contribution in [0.15, 0.2) is 27.7 Å². The molecule has 74 valence electrons. The van der Waals surface area contributed by atoms with Crippen molar-refractivity contribution in [3.05, 3.63) is 28.2 Å². The van der Waals surface area contributed by atoms with Crippen LogP contribution in [-0.4, -0.2) is 19.0 Å². The maximum atomic E-state index is 4.28. The zero-order valence-corrected chi connectivity index (χ0v) is 9.56. The van der Waals surface area contributed by atoms with Crippen molar-refractivity contribution in [3.8, 4) is 0 Å². The quantitative estimate of drug-likeness (QED) is 0.805. The molecule has 1 aliphatic heterocycles. The van der Waals surface area contributed by atoms with Crippen LogP contribution in [0.5, 0.6) is 0 Å². The summed E-state index contributed by atoms with van der Waals surface area (Å²) in [6.07, 6.45) is 0. The number of hydrogen-bond acceptors (Lipinski definition) is 3. The van der Waals surface area contributed by atoms with Crippen molar-refractivity contribution >= 4 is 27.6 Å². The number of aryl methyl sites for hydroxylation is 1. The van der Waals surface area contributed by atoms with E-state index < -0.39 is 0 Å². The van der Waals surface area contributed by atoms with Gasteiger partial charge in [0.05, 0.1) is 6.54 Å². The van der Waals surface area contributed by atoms with E-state index in [4.69, 9.17) is 0 Å². The minimum Gasteiger partial charge on any atom is -0.354 e. The summed E-state index contributed by atoms with van der Waals surface area (Å²) in [4.78, 5) is 4.28. The fourth-order valence-corrected chi connectivity index (χ4v) is 1.85. The van der Waals surface area contributed by atoms with E-state index in [0.717, 1.165) is 29.2 Å². The Kier molecular flexibility index (Phi) is 2.72. The minimum absolute atomic E-state index is 0.859. The average molecular weight is 254 g/mol. The molecule has 0 bridgehead atoms. The van der Waals surface area contributed by atoms with E-state index in [1.54, 1.807) is 0 Å². The Morgan fingerprint density at radius 2 is 2.36 bits per heavy atom. The largest absolute Gasteiger partial charge is 0.354 e. The van der Waals surface area contributed by atoms with E-state index >= 15 is 0 Å². The summed E-state index contributed by atoms with van der Waals surface area (Å²) >= 11 is 3.44. The van der Waals surface area contributed by atoms with E-state index in [0.29, 0.717) is 0 Å². The molecule has 2 N–H and O–H groups in total. The van der Waals surface area contributed by atoms with Gasteiger partial charge in [-0.25, -0.2) is 0 Å². The number of aliphatic imine (C=N–C) groups is 1. The van der Waals surface area contributed by atoms with Crippen LogP contribution < -0.4 is 10.6 Å². The fourth-order valence-electron chi connectivity index (χ4n) is 1.38. The molecule has 1 heterocycles. The van der Waals surface area contributed by atoms with Gasteiger partial charge in [0, 0.05) is 16.7 Å². The first-order valence-electron chi connectivity index (χ1n) is 4.57. The van der Waals surface area contributed by atoms with Crippen LogP contribution in [0.2, 0.25) is 0 Å². The van der Waals surface area contributed by atoms with Crippen molar-refractivity contribution < 1.29 is 0 Å². The van der Waals surface area contributed by atoms with Crippen molar-refractivity contribution in [2.75, 3.05) is 18.4 Å². The lowest BCUT2D eigenvalue weighted by molar-refractivity contribution is 0.959. The topological polar surface area (TPSA) is 36.4 Å². The Labute approximate surface area is 91.7 Å². The zero-order valence-electron chi connectivity index (χ0n) is 7.97. The molecule has 1 aromatic carbocycles. The fraction of sp³-hybridized carbons (Fsp3) is 0.300. The highest BCUT2D eigenvalue weighted by molar-refractivity contribution is 9.10. The molecule has 3 nitrogen and oxygen atoms in total. The Balaban J connectivity index is 2.16. The third kappa shape index (κ3) is 2.07. The van der Waals surface area contributed by atoms with Gasteiger partial charge in [-0.2, -0.15) is 0 Å². The second kappa shape index (κ2) is 4.00. The van der Waals surface area contributed by atoms with Gasteiger partial charge in [-0.3, -0.25) is 4.99 Å². The zero-order chi connectivity index (χ0) is 9.97. The number of anilines is 1. The molecule has 0 saturated heterocycles. The molecule has 0 atom stereocenters. The molecule has 0 aliphatic carbocycles. The maximum absolute atomic E-state index is 4.28. The van der Waals surface area contributed by atoms with Gasteiger partial charge < -0.3 is 10.6 Å². The third-order valence-corrected chi connectivity index (χ3v) is 2.61. The van der Waals surface area contributed by atoms with Crippen LogP contribution in [0.1, 0.15) is 5.56 Å². The molecule has 0 fully saturated rings. The summed E-state index contributed by atoms with van der Waals surface area (Å²) in [5.41, 5.74) is 2.30. The molecule has 0 spiro atoms. The summed E-state index contributed by atoms with van der Waals surface area (Å²) in [5.74, 6) is 0.871. The molecule has 2 rings (SSSR count). The first-order chi connectivity index (χ1) is 6.75. The van der Waals surface area contributed by atoms with E-state index in [9.17, 15) is 0 Å². The van der Waals surface area contributed by atoms with Crippen LogP contribution in [0.4, 0.5) is 5.69 Å². The number of halogens is 1. The predicted octanol–water partition coefficient (Wildman–Crippen LogP) is 2.13. The van der Waals surface area contributed by atoms with Crippen LogP contribution in [0.3, 0.4) is 0 Å². The van der Waals surface area contributed by atoms with Gasteiger partial charge in [-0.15, -0.1) is 0 Å². The summed E-state index contributed by atoms with van der Waals surface area (Å²) in [7, 11) is 0. The highest BCUT2D eigenvalue weighted by Gasteiger charge is 2.06. The van der Waals surface area contributed by atoms with Gasteiger partial charge in [-0.05, 0) is 30.7 Å². The highest BCUT2D eigenvalue weighted by atomic mass is 79.9. The van der Waals surface area contributed by atoms with Gasteiger partial charge >= 0.3 is 0 Å². The number of benzene rings is 1. The molecule has 0 saturated carbocycles. The van der Waals surface area contributed by atoms with Crippen molar-refractivity contribution in [1.82, 2.24) is 5.32 Å². The Bertz CT molecular complexity index is 374. The molecule has 1 aromatic rings. The second-order valence-corrected chi connectivity index (χ2v) is 4.16. The molecule has 0 unspecified atom stereocenters. The lowest BCUT2D eigenvalue weighted by Crippen LogP contribution is -2.26. The van der Waals surface area contributed by atoms with Gasteiger partial charge in [0.2, 0.25) is 0 Å². The first kappa shape index (κ1) is 9.52. The molecular formula is C10H12BrN3. The van der Waals surface area contributed by atoms with Gasteiger partial charge in [-0.1, -0.05) is 15.9 Å². The molecule has 1 aliphatic rings. The van der Waals surface area contributed by atoms with Crippen molar-refractivity contribution in [2.24, 2.45) is 4.99 Å². The predicted molar refractivity (Wildman–Crippen MR) is 62.8 cm³/mol. The number of guanidine groups is 1. The third-order valence-electron chi connectivity index (χ3n) is 2.12. The maximum Gasteiger partial charge on any atom is 0.195 e. The Morgan fingerprint density at radius 3 is 3.00 bits per heavy atom. The molecular weight excluding hydrogens is 242 g/mol. The van der Waals surface area contributed by atoms with Gasteiger partial charge in [0.25, 0.3) is 0 Å². The standard InChI is InChI=1S/C10H12BrN3/c1-7-6-8(11)2-3-9(7)14-10-12-4-5-13-10/h2-3,6H,4-5H2,1H3,(H2,12,13,14). The van der Waals surface area contributed by atoms with Crippen LogP contribution in [-0.2, 0) is 0 Å². The number of nitrogens with zero attached hydrogens (tertiary/aromatic N) is 1. The van der Waals surface area contributed by atoms with Crippen LogP contribution in [0, 0.1) is 6.92 Å². The summed E-state index contributed by atoms with van der Waals surface area (Å²) < 4.78 is 1.10. The molecule has 0 radical (unpaired) electrons. The average Bonchev–Trinajstić information content (AvgIpc) is 2.62. The van der Waals surface area contributed by atoms with E-state index in [2.05, 4.69) is 44.5 Å². The van der Waals surface area contributed by atoms with Crippen molar-refractivity contribution in [1.29, 1.82) is 0 Å².